The second-order valence-electron chi connectivity index (χ2n) is 3.38. The lowest BCUT2D eigenvalue weighted by molar-refractivity contribution is 0.470. The Morgan fingerprint density at radius 3 is 2.33 bits per heavy atom. The van der Waals surface area contributed by atoms with Crippen molar-refractivity contribution in [2.75, 3.05) is 0 Å². The number of hydrogen-bond donors (Lipinski definition) is 2. The van der Waals surface area contributed by atoms with Crippen molar-refractivity contribution in [3.8, 4) is 16.9 Å². The summed E-state index contributed by atoms with van der Waals surface area (Å²) in [4.78, 5) is 0. The van der Waals surface area contributed by atoms with E-state index in [0.717, 1.165) is 16.7 Å². The molecular weight excluding hydrogens is 186 g/mol. The minimum atomic E-state index is 0.284. The topological polar surface area (TPSA) is 46.2 Å². The molecule has 0 saturated heterocycles. The molecule has 0 heterocycles. The molecule has 0 aromatic heterocycles. The molecule has 2 aromatic rings. The average molecular weight is 199 g/mol. The predicted molar refractivity (Wildman–Crippen MR) is 61.4 cm³/mol. The summed E-state index contributed by atoms with van der Waals surface area (Å²) in [6, 6.07) is 15.4. The third-order valence-electron chi connectivity index (χ3n) is 2.42. The van der Waals surface area contributed by atoms with Crippen molar-refractivity contribution in [2.24, 2.45) is 5.73 Å². The van der Waals surface area contributed by atoms with E-state index in [-0.39, 0.29) is 5.75 Å². The van der Waals surface area contributed by atoms with Gasteiger partial charge in [0.25, 0.3) is 0 Å². The first-order valence-corrected chi connectivity index (χ1v) is 4.89. The van der Waals surface area contributed by atoms with Gasteiger partial charge in [0.1, 0.15) is 5.75 Å². The van der Waals surface area contributed by atoms with E-state index in [0.29, 0.717) is 6.54 Å². The molecule has 0 atom stereocenters. The molecule has 0 saturated carbocycles. The zero-order valence-electron chi connectivity index (χ0n) is 8.35. The van der Waals surface area contributed by atoms with Crippen molar-refractivity contribution >= 4 is 0 Å². The van der Waals surface area contributed by atoms with E-state index < -0.39 is 0 Å². The average Bonchev–Trinajstić information content (AvgIpc) is 2.30. The Hall–Kier alpha value is -1.80. The number of benzene rings is 2. The molecule has 0 fully saturated rings. The number of phenols is 1. The Kier molecular flexibility index (Phi) is 2.70. The van der Waals surface area contributed by atoms with Crippen LogP contribution in [0.25, 0.3) is 11.1 Å². The van der Waals surface area contributed by atoms with Gasteiger partial charge in [-0.1, -0.05) is 48.5 Å². The van der Waals surface area contributed by atoms with Crippen molar-refractivity contribution in [1.82, 2.24) is 0 Å². The van der Waals surface area contributed by atoms with Crippen LogP contribution in [0.15, 0.2) is 48.5 Å². The summed E-state index contributed by atoms with van der Waals surface area (Å²) in [5.74, 6) is 0.284. The van der Waals surface area contributed by atoms with E-state index in [4.69, 9.17) is 5.73 Å². The molecule has 0 radical (unpaired) electrons. The quantitative estimate of drug-likeness (QED) is 0.780. The van der Waals surface area contributed by atoms with Gasteiger partial charge >= 0.3 is 0 Å². The van der Waals surface area contributed by atoms with E-state index in [1.54, 1.807) is 0 Å². The molecule has 15 heavy (non-hydrogen) atoms. The summed E-state index contributed by atoms with van der Waals surface area (Å²) in [6.07, 6.45) is 0. The van der Waals surface area contributed by atoms with Crippen molar-refractivity contribution < 1.29 is 5.11 Å². The van der Waals surface area contributed by atoms with Crippen LogP contribution in [0.1, 0.15) is 5.56 Å². The van der Waals surface area contributed by atoms with Crippen LogP contribution in [0.5, 0.6) is 5.75 Å². The molecule has 0 amide bonds. The first-order chi connectivity index (χ1) is 7.33. The summed E-state index contributed by atoms with van der Waals surface area (Å²) in [7, 11) is 0. The van der Waals surface area contributed by atoms with Crippen LogP contribution in [-0.2, 0) is 6.54 Å². The molecule has 2 nitrogen and oxygen atoms in total. The molecule has 2 heteroatoms. The van der Waals surface area contributed by atoms with Crippen LogP contribution >= 0.6 is 0 Å². The Labute approximate surface area is 89.0 Å². The molecular formula is C13H13NO. The van der Waals surface area contributed by atoms with Gasteiger partial charge in [-0.2, -0.15) is 0 Å². The molecule has 0 spiro atoms. The lowest BCUT2D eigenvalue weighted by atomic mass is 10.0. The van der Waals surface area contributed by atoms with Gasteiger partial charge in [0.15, 0.2) is 0 Å². The fraction of sp³-hybridized carbons (Fsp3) is 0.0769. The lowest BCUT2D eigenvalue weighted by Gasteiger charge is -2.08. The minimum absolute atomic E-state index is 0.284. The molecule has 0 aliphatic rings. The standard InChI is InChI=1S/C13H13NO/c14-9-11-7-4-8-12(13(11)15)10-5-2-1-3-6-10/h1-8,15H,9,14H2. The SMILES string of the molecule is NCc1cccc(-c2ccccc2)c1O. The van der Waals surface area contributed by atoms with Gasteiger partial charge in [-0.3, -0.25) is 0 Å². The van der Waals surface area contributed by atoms with Crippen LogP contribution < -0.4 is 5.73 Å². The number of hydrogen-bond acceptors (Lipinski definition) is 2. The summed E-state index contributed by atoms with van der Waals surface area (Å²) in [5.41, 5.74) is 8.15. The van der Waals surface area contributed by atoms with E-state index in [1.165, 1.54) is 0 Å². The van der Waals surface area contributed by atoms with Crippen molar-refractivity contribution in [1.29, 1.82) is 0 Å². The fourth-order valence-corrected chi connectivity index (χ4v) is 1.61. The molecule has 2 aromatic carbocycles. The Balaban J connectivity index is 2.54. The lowest BCUT2D eigenvalue weighted by Crippen LogP contribution is -1.97. The summed E-state index contributed by atoms with van der Waals surface area (Å²) >= 11 is 0. The van der Waals surface area contributed by atoms with Crippen LogP contribution in [0.4, 0.5) is 0 Å². The third-order valence-corrected chi connectivity index (χ3v) is 2.42. The van der Waals surface area contributed by atoms with E-state index in [2.05, 4.69) is 0 Å². The molecule has 0 bridgehead atoms. The second-order valence-corrected chi connectivity index (χ2v) is 3.38. The maximum Gasteiger partial charge on any atom is 0.127 e. The number of para-hydroxylation sites is 1. The van der Waals surface area contributed by atoms with Gasteiger partial charge in [-0.05, 0) is 5.56 Å². The van der Waals surface area contributed by atoms with Gasteiger partial charge in [0.05, 0.1) is 0 Å². The number of aromatic hydroxyl groups is 1. The van der Waals surface area contributed by atoms with Crippen LogP contribution in [0.3, 0.4) is 0 Å². The Morgan fingerprint density at radius 2 is 1.67 bits per heavy atom. The monoisotopic (exact) mass is 199 g/mol. The zero-order chi connectivity index (χ0) is 10.7. The third kappa shape index (κ3) is 1.85. The minimum Gasteiger partial charge on any atom is -0.507 e. The zero-order valence-corrected chi connectivity index (χ0v) is 8.35. The van der Waals surface area contributed by atoms with E-state index in [9.17, 15) is 5.11 Å². The molecule has 3 N–H and O–H groups in total. The predicted octanol–water partition coefficient (Wildman–Crippen LogP) is 2.52. The van der Waals surface area contributed by atoms with Crippen molar-refractivity contribution in [2.45, 2.75) is 6.54 Å². The van der Waals surface area contributed by atoms with Gasteiger partial charge in [-0.15, -0.1) is 0 Å². The molecule has 0 aliphatic heterocycles. The van der Waals surface area contributed by atoms with Crippen LogP contribution in [0, 0.1) is 0 Å². The highest BCUT2D eigenvalue weighted by Gasteiger charge is 2.06. The first-order valence-electron chi connectivity index (χ1n) is 4.89. The summed E-state index contributed by atoms with van der Waals surface area (Å²) < 4.78 is 0. The number of nitrogens with two attached hydrogens (primary N) is 1. The molecule has 0 unspecified atom stereocenters. The Morgan fingerprint density at radius 1 is 0.933 bits per heavy atom. The smallest absolute Gasteiger partial charge is 0.127 e. The highest BCUT2D eigenvalue weighted by molar-refractivity contribution is 5.71. The Bertz CT molecular complexity index is 451. The van der Waals surface area contributed by atoms with Gasteiger partial charge in [0.2, 0.25) is 0 Å². The van der Waals surface area contributed by atoms with Gasteiger partial charge in [0, 0.05) is 17.7 Å². The number of phenolic OH excluding ortho intramolecular Hbond substituents is 1. The highest BCUT2D eigenvalue weighted by atomic mass is 16.3. The molecule has 2 rings (SSSR count). The maximum absolute atomic E-state index is 9.96. The molecule has 76 valence electrons. The normalized spacial score (nSPS) is 10.2. The second kappa shape index (κ2) is 4.15. The first kappa shape index (κ1) is 9.74. The van der Waals surface area contributed by atoms with E-state index in [1.807, 2.05) is 48.5 Å². The van der Waals surface area contributed by atoms with Crippen LogP contribution in [-0.4, -0.2) is 5.11 Å². The van der Waals surface area contributed by atoms with Gasteiger partial charge < -0.3 is 10.8 Å². The number of rotatable bonds is 2. The molecule has 0 aliphatic carbocycles. The van der Waals surface area contributed by atoms with Crippen molar-refractivity contribution in [3.05, 3.63) is 54.1 Å². The largest absolute Gasteiger partial charge is 0.507 e. The fourth-order valence-electron chi connectivity index (χ4n) is 1.61. The van der Waals surface area contributed by atoms with Gasteiger partial charge in [-0.25, -0.2) is 0 Å². The highest BCUT2D eigenvalue weighted by Crippen LogP contribution is 2.31. The summed E-state index contributed by atoms with van der Waals surface area (Å²) in [6.45, 7) is 0.354. The van der Waals surface area contributed by atoms with Crippen LogP contribution in [0.2, 0.25) is 0 Å². The van der Waals surface area contributed by atoms with E-state index >= 15 is 0 Å². The summed E-state index contributed by atoms with van der Waals surface area (Å²) in [5, 5.41) is 9.96. The maximum atomic E-state index is 9.96. The van der Waals surface area contributed by atoms with Crippen molar-refractivity contribution in [3.63, 3.8) is 0 Å².